The standard InChI is InChI=1S/C28H40N2O6S/c1-6-28(16-9-17-36-28)27(32)29-21(4)26(31)18-22-10-7-8-11-25(22)30(19-20(2)3)37(33,34)24-14-12-23(35-5)13-15-24/h7-8,10-15,20-21,26,31H,6,9,16-19H2,1-5H3,(H,29,32)/t21-,26+,28?/m0/s1. The number of carbonyl (C=O) groups is 1. The highest BCUT2D eigenvalue weighted by Crippen LogP contribution is 2.31. The van der Waals surface area contributed by atoms with E-state index in [0.717, 1.165) is 6.42 Å². The van der Waals surface area contributed by atoms with Crippen LogP contribution in [-0.4, -0.2) is 57.4 Å². The molecule has 0 saturated carbocycles. The van der Waals surface area contributed by atoms with E-state index in [9.17, 15) is 18.3 Å². The van der Waals surface area contributed by atoms with Crippen molar-refractivity contribution in [2.75, 3.05) is 24.6 Å². The van der Waals surface area contributed by atoms with Gasteiger partial charge in [-0.05, 0) is 68.0 Å². The van der Waals surface area contributed by atoms with Gasteiger partial charge in [-0.25, -0.2) is 8.42 Å². The van der Waals surface area contributed by atoms with Gasteiger partial charge in [0.05, 0.1) is 29.8 Å². The minimum Gasteiger partial charge on any atom is -0.497 e. The van der Waals surface area contributed by atoms with Crippen molar-refractivity contribution in [1.29, 1.82) is 0 Å². The highest BCUT2D eigenvalue weighted by atomic mass is 32.2. The Morgan fingerprint density at radius 2 is 1.84 bits per heavy atom. The van der Waals surface area contributed by atoms with Crippen molar-refractivity contribution >= 4 is 21.6 Å². The fourth-order valence-corrected chi connectivity index (χ4v) is 6.28. The van der Waals surface area contributed by atoms with E-state index in [0.29, 0.717) is 36.4 Å². The van der Waals surface area contributed by atoms with Crippen LogP contribution in [0.15, 0.2) is 53.4 Å². The summed E-state index contributed by atoms with van der Waals surface area (Å²) in [4.78, 5) is 13.1. The molecule has 2 aromatic carbocycles. The van der Waals surface area contributed by atoms with Gasteiger partial charge in [0.25, 0.3) is 15.9 Å². The van der Waals surface area contributed by atoms with Crippen LogP contribution in [0.3, 0.4) is 0 Å². The summed E-state index contributed by atoms with van der Waals surface area (Å²) < 4.78 is 39.8. The minimum absolute atomic E-state index is 0.0564. The van der Waals surface area contributed by atoms with Gasteiger partial charge in [-0.1, -0.05) is 39.0 Å². The number of methoxy groups -OCH3 is 1. The zero-order chi connectivity index (χ0) is 27.2. The second kappa shape index (κ2) is 12.3. The zero-order valence-electron chi connectivity index (χ0n) is 22.4. The number of nitrogens with zero attached hydrogens (tertiary/aromatic N) is 1. The molecule has 0 aromatic heterocycles. The van der Waals surface area contributed by atoms with Gasteiger partial charge in [0.1, 0.15) is 11.4 Å². The van der Waals surface area contributed by atoms with E-state index >= 15 is 0 Å². The fourth-order valence-electron chi connectivity index (χ4n) is 4.61. The molecule has 1 amide bonds. The molecule has 0 radical (unpaired) electrons. The summed E-state index contributed by atoms with van der Waals surface area (Å²) in [6.07, 6.45) is 1.31. The van der Waals surface area contributed by atoms with Crippen LogP contribution in [0.25, 0.3) is 0 Å². The average molecular weight is 533 g/mol. The van der Waals surface area contributed by atoms with Crippen LogP contribution < -0.4 is 14.4 Å². The number of amides is 1. The van der Waals surface area contributed by atoms with Crippen LogP contribution in [-0.2, 0) is 26.0 Å². The SMILES string of the molecule is CCC1(C(=O)N[C@@H](C)[C@H](O)Cc2ccccc2N(CC(C)C)S(=O)(=O)c2ccc(OC)cc2)CCCO1. The van der Waals surface area contributed by atoms with E-state index in [1.165, 1.54) is 23.5 Å². The summed E-state index contributed by atoms with van der Waals surface area (Å²) in [5.74, 6) is 0.415. The Hall–Kier alpha value is -2.62. The topological polar surface area (TPSA) is 105 Å². The minimum atomic E-state index is -3.88. The highest BCUT2D eigenvalue weighted by molar-refractivity contribution is 7.92. The summed E-state index contributed by atoms with van der Waals surface area (Å²) in [6, 6.07) is 12.9. The molecule has 2 N–H and O–H groups in total. The van der Waals surface area contributed by atoms with Crippen LogP contribution in [0, 0.1) is 5.92 Å². The zero-order valence-corrected chi connectivity index (χ0v) is 23.3. The maximum atomic E-state index is 13.8. The molecule has 3 rings (SSSR count). The van der Waals surface area contributed by atoms with Gasteiger partial charge >= 0.3 is 0 Å². The predicted molar refractivity (Wildman–Crippen MR) is 144 cm³/mol. The first-order chi connectivity index (χ1) is 17.5. The van der Waals surface area contributed by atoms with Crippen molar-refractivity contribution < 1.29 is 27.8 Å². The van der Waals surface area contributed by atoms with Crippen molar-refractivity contribution in [2.45, 2.75) is 76.0 Å². The Kier molecular flexibility index (Phi) is 9.61. The van der Waals surface area contributed by atoms with Gasteiger partial charge in [0.2, 0.25) is 0 Å². The lowest BCUT2D eigenvalue weighted by Gasteiger charge is -2.31. The third-order valence-electron chi connectivity index (χ3n) is 6.89. The normalized spacial score (nSPS) is 19.4. The second-order valence-electron chi connectivity index (χ2n) is 10.1. The molecule has 204 valence electrons. The lowest BCUT2D eigenvalue weighted by molar-refractivity contribution is -0.143. The maximum absolute atomic E-state index is 13.8. The number of ether oxygens (including phenoxy) is 2. The Bertz CT molecular complexity index is 1140. The summed E-state index contributed by atoms with van der Waals surface area (Å²) in [6.45, 7) is 8.42. The van der Waals surface area contributed by atoms with Gasteiger partial charge in [-0.15, -0.1) is 0 Å². The predicted octanol–water partition coefficient (Wildman–Crippen LogP) is 3.91. The van der Waals surface area contributed by atoms with Gasteiger partial charge in [-0.3, -0.25) is 9.10 Å². The lowest BCUT2D eigenvalue weighted by atomic mass is 9.94. The summed E-state index contributed by atoms with van der Waals surface area (Å²) in [5, 5.41) is 14.0. The van der Waals surface area contributed by atoms with E-state index in [1.807, 2.05) is 32.9 Å². The molecule has 0 bridgehead atoms. The van der Waals surface area contributed by atoms with Crippen molar-refractivity contribution in [3.8, 4) is 5.75 Å². The van der Waals surface area contributed by atoms with E-state index in [1.54, 1.807) is 31.2 Å². The number of aliphatic hydroxyl groups excluding tert-OH is 1. The second-order valence-corrected chi connectivity index (χ2v) is 11.9. The smallest absolute Gasteiger partial charge is 0.264 e. The van der Waals surface area contributed by atoms with Gasteiger partial charge in [0.15, 0.2) is 0 Å². The lowest BCUT2D eigenvalue weighted by Crippen LogP contribution is -2.52. The third-order valence-corrected chi connectivity index (χ3v) is 8.69. The van der Waals surface area contributed by atoms with E-state index in [-0.39, 0.29) is 29.7 Å². The Morgan fingerprint density at radius 3 is 2.41 bits per heavy atom. The van der Waals surface area contributed by atoms with Gasteiger partial charge in [-0.2, -0.15) is 0 Å². The Morgan fingerprint density at radius 1 is 1.16 bits per heavy atom. The number of aliphatic hydroxyl groups is 1. The first kappa shape index (κ1) is 28.9. The molecule has 1 unspecified atom stereocenters. The van der Waals surface area contributed by atoms with Crippen molar-refractivity contribution in [2.24, 2.45) is 5.92 Å². The van der Waals surface area contributed by atoms with Gasteiger partial charge < -0.3 is 19.9 Å². The summed E-state index contributed by atoms with van der Waals surface area (Å²) in [5.41, 5.74) is 0.344. The molecule has 3 atom stereocenters. The molecule has 0 spiro atoms. The number of sulfonamides is 1. The summed E-state index contributed by atoms with van der Waals surface area (Å²) in [7, 11) is -2.35. The molecular formula is C28H40N2O6S. The average Bonchev–Trinajstić information content (AvgIpc) is 3.38. The molecule has 1 aliphatic heterocycles. The van der Waals surface area contributed by atoms with Gasteiger partial charge in [0, 0.05) is 19.6 Å². The van der Waals surface area contributed by atoms with Crippen LogP contribution in [0.2, 0.25) is 0 Å². The van der Waals surface area contributed by atoms with E-state index in [4.69, 9.17) is 9.47 Å². The van der Waals surface area contributed by atoms with E-state index in [2.05, 4.69) is 5.32 Å². The van der Waals surface area contributed by atoms with Crippen molar-refractivity contribution in [3.63, 3.8) is 0 Å². The number of nitrogens with one attached hydrogen (secondary N) is 1. The molecule has 0 aliphatic carbocycles. The third kappa shape index (κ3) is 6.64. The number of anilines is 1. The van der Waals surface area contributed by atoms with E-state index < -0.39 is 27.8 Å². The number of hydrogen-bond donors (Lipinski definition) is 2. The summed E-state index contributed by atoms with van der Waals surface area (Å²) >= 11 is 0. The monoisotopic (exact) mass is 532 g/mol. The van der Waals surface area contributed by atoms with Crippen molar-refractivity contribution in [3.05, 3.63) is 54.1 Å². The number of benzene rings is 2. The molecule has 1 fully saturated rings. The van der Waals surface area contributed by atoms with Crippen LogP contribution in [0.5, 0.6) is 5.75 Å². The molecule has 8 nitrogen and oxygen atoms in total. The highest BCUT2D eigenvalue weighted by Gasteiger charge is 2.41. The Balaban J connectivity index is 1.86. The maximum Gasteiger partial charge on any atom is 0.264 e. The number of carbonyl (C=O) groups excluding carboxylic acids is 1. The van der Waals surface area contributed by atoms with Crippen LogP contribution in [0.4, 0.5) is 5.69 Å². The molecule has 37 heavy (non-hydrogen) atoms. The largest absolute Gasteiger partial charge is 0.497 e. The number of para-hydroxylation sites is 1. The molecule has 1 heterocycles. The molecule has 9 heteroatoms. The number of hydrogen-bond acceptors (Lipinski definition) is 6. The molecule has 1 saturated heterocycles. The first-order valence-electron chi connectivity index (χ1n) is 12.9. The number of rotatable bonds is 12. The molecule has 1 aliphatic rings. The van der Waals surface area contributed by atoms with Crippen molar-refractivity contribution in [1.82, 2.24) is 5.32 Å². The molecular weight excluding hydrogens is 492 g/mol. The Labute approximate surface area is 221 Å². The quantitative estimate of drug-likeness (QED) is 0.429. The first-order valence-corrected chi connectivity index (χ1v) is 14.4. The van der Waals surface area contributed by atoms with Crippen LogP contribution >= 0.6 is 0 Å². The fraction of sp³-hybridized carbons (Fsp3) is 0.536. The van der Waals surface area contributed by atoms with Crippen LogP contribution in [0.1, 0.15) is 52.5 Å². The molecule has 2 aromatic rings.